The molecular weight excluding hydrogens is 574 g/mol. The number of phenols is 1. The summed E-state index contributed by atoms with van der Waals surface area (Å²) >= 11 is 0. The van der Waals surface area contributed by atoms with E-state index in [1.54, 1.807) is 32.2 Å². The van der Waals surface area contributed by atoms with E-state index >= 15 is 0 Å². The van der Waals surface area contributed by atoms with Gasteiger partial charge < -0.3 is 36.9 Å². The third kappa shape index (κ3) is 8.93. The van der Waals surface area contributed by atoms with Crippen molar-refractivity contribution in [2.75, 3.05) is 0 Å². The van der Waals surface area contributed by atoms with Gasteiger partial charge in [0.1, 0.15) is 23.9 Å². The number of hydrogen-bond donors (Lipinski definition) is 7. The number of carbonyl (C=O) groups is 4. The Balaban J connectivity index is 1.55. The average molecular weight is 614 g/mol. The third-order valence-electron chi connectivity index (χ3n) is 7.61. The van der Waals surface area contributed by atoms with Crippen molar-refractivity contribution in [2.45, 2.75) is 57.3 Å². The van der Waals surface area contributed by atoms with E-state index in [9.17, 15) is 29.4 Å². The molecule has 4 rings (SSSR count). The van der Waals surface area contributed by atoms with Crippen LogP contribution in [0.25, 0.3) is 10.9 Å². The molecule has 0 radical (unpaired) electrons. The maximum absolute atomic E-state index is 13.8. The number of phenolic OH excluding ortho intramolecular Hbond substituents is 1. The van der Waals surface area contributed by atoms with Gasteiger partial charge in [-0.25, -0.2) is 4.79 Å². The van der Waals surface area contributed by atoms with Crippen molar-refractivity contribution >= 4 is 34.6 Å². The summed E-state index contributed by atoms with van der Waals surface area (Å²) in [5.74, 6) is -3.46. The van der Waals surface area contributed by atoms with Crippen molar-refractivity contribution in [2.24, 2.45) is 11.7 Å². The summed E-state index contributed by atoms with van der Waals surface area (Å²) in [5, 5.41) is 28.3. The Bertz CT molecular complexity index is 1620. The molecule has 0 aliphatic rings. The summed E-state index contributed by atoms with van der Waals surface area (Å²) in [4.78, 5) is 55.5. The molecule has 0 bridgehead atoms. The Labute approximate surface area is 261 Å². The maximum atomic E-state index is 13.8. The number of H-pyrrole nitrogens is 1. The number of fused-ring (bicyclic) bond motifs is 1. The van der Waals surface area contributed by atoms with Gasteiger partial charge in [-0.1, -0.05) is 74.5 Å². The number of para-hydroxylation sites is 1. The molecule has 3 amide bonds. The zero-order valence-corrected chi connectivity index (χ0v) is 25.2. The van der Waals surface area contributed by atoms with Crippen molar-refractivity contribution in [3.63, 3.8) is 0 Å². The molecule has 0 aliphatic heterocycles. The molecule has 11 nitrogen and oxygen atoms in total. The number of aromatic nitrogens is 1. The number of benzene rings is 3. The average Bonchev–Trinajstić information content (AvgIpc) is 3.42. The van der Waals surface area contributed by atoms with Gasteiger partial charge in [0.05, 0.1) is 6.04 Å². The molecule has 0 fully saturated rings. The van der Waals surface area contributed by atoms with E-state index in [2.05, 4.69) is 20.9 Å². The first-order chi connectivity index (χ1) is 21.5. The van der Waals surface area contributed by atoms with Gasteiger partial charge in [0.2, 0.25) is 17.7 Å². The predicted octanol–water partition coefficient (Wildman–Crippen LogP) is 2.42. The topological polar surface area (TPSA) is 187 Å². The quantitative estimate of drug-likeness (QED) is 0.114. The molecule has 236 valence electrons. The summed E-state index contributed by atoms with van der Waals surface area (Å²) in [6, 6.07) is 18.5. The molecule has 4 atom stereocenters. The second-order valence-electron chi connectivity index (χ2n) is 11.4. The number of carboxylic acids is 1. The number of aromatic hydroxyl groups is 1. The Morgan fingerprint density at radius 3 is 1.91 bits per heavy atom. The van der Waals surface area contributed by atoms with Gasteiger partial charge in [0.15, 0.2) is 0 Å². The minimum Gasteiger partial charge on any atom is -0.508 e. The molecule has 1 heterocycles. The highest BCUT2D eigenvalue weighted by Crippen LogP contribution is 2.19. The summed E-state index contributed by atoms with van der Waals surface area (Å²) in [6.45, 7) is 3.33. The van der Waals surface area contributed by atoms with Crippen LogP contribution < -0.4 is 21.7 Å². The van der Waals surface area contributed by atoms with Gasteiger partial charge in [-0.05, 0) is 47.2 Å². The first kappa shape index (κ1) is 32.7. The second kappa shape index (κ2) is 15.0. The fourth-order valence-corrected chi connectivity index (χ4v) is 5.08. The molecule has 4 aromatic rings. The number of carboxylic acid groups (broad SMARTS) is 1. The van der Waals surface area contributed by atoms with E-state index in [0.29, 0.717) is 5.56 Å². The Kier molecular flexibility index (Phi) is 10.9. The molecule has 3 aromatic carbocycles. The van der Waals surface area contributed by atoms with E-state index < -0.39 is 53.8 Å². The van der Waals surface area contributed by atoms with Crippen molar-refractivity contribution in [1.29, 1.82) is 0 Å². The van der Waals surface area contributed by atoms with E-state index in [-0.39, 0.29) is 25.0 Å². The smallest absolute Gasteiger partial charge is 0.326 e. The lowest BCUT2D eigenvalue weighted by Gasteiger charge is -2.26. The largest absolute Gasteiger partial charge is 0.508 e. The molecule has 4 unspecified atom stereocenters. The van der Waals surface area contributed by atoms with Gasteiger partial charge in [0.25, 0.3) is 0 Å². The minimum absolute atomic E-state index is 0.00830. The van der Waals surface area contributed by atoms with Crippen molar-refractivity contribution in [3.8, 4) is 5.75 Å². The van der Waals surface area contributed by atoms with Gasteiger partial charge in [-0.15, -0.1) is 0 Å². The minimum atomic E-state index is -1.20. The van der Waals surface area contributed by atoms with Crippen molar-refractivity contribution in [1.82, 2.24) is 20.9 Å². The van der Waals surface area contributed by atoms with Crippen LogP contribution in [-0.2, 0) is 38.4 Å². The molecule has 0 saturated heterocycles. The van der Waals surface area contributed by atoms with Gasteiger partial charge in [-0.2, -0.15) is 0 Å². The number of nitrogens with one attached hydrogen (secondary N) is 4. The number of nitrogens with two attached hydrogens (primary N) is 1. The standard InChI is InChI=1S/C34H39N5O6/c1-20(2)30(34(44)45)39-33(43)29(17-22-12-14-24(40)15-13-22)38-32(42)28(16-21-8-4-3-5-9-21)37-31(41)26(35)18-23-19-36-27-11-7-6-10-25(23)27/h3-15,19-20,26,28-30,36,40H,16-18,35H2,1-2H3,(H,37,41)(H,38,42)(H,39,43)(H,44,45). The van der Waals surface area contributed by atoms with Crippen molar-refractivity contribution in [3.05, 3.63) is 102 Å². The number of hydrogen-bond acceptors (Lipinski definition) is 6. The number of amides is 3. The lowest BCUT2D eigenvalue weighted by molar-refractivity contribution is -0.143. The number of carbonyl (C=O) groups excluding carboxylic acids is 3. The highest BCUT2D eigenvalue weighted by Gasteiger charge is 2.32. The molecule has 0 aliphatic carbocycles. The molecular formula is C34H39N5O6. The molecule has 45 heavy (non-hydrogen) atoms. The van der Waals surface area contributed by atoms with Crippen LogP contribution in [0.2, 0.25) is 0 Å². The number of aliphatic carboxylic acids is 1. The van der Waals surface area contributed by atoms with Crippen LogP contribution in [0.1, 0.15) is 30.5 Å². The van der Waals surface area contributed by atoms with Crippen LogP contribution in [0.4, 0.5) is 0 Å². The zero-order chi connectivity index (χ0) is 32.5. The van der Waals surface area contributed by atoms with E-state index in [4.69, 9.17) is 5.73 Å². The van der Waals surface area contributed by atoms with Crippen LogP contribution in [0.5, 0.6) is 5.75 Å². The Morgan fingerprint density at radius 1 is 0.733 bits per heavy atom. The fourth-order valence-electron chi connectivity index (χ4n) is 5.08. The third-order valence-corrected chi connectivity index (χ3v) is 7.61. The summed E-state index contributed by atoms with van der Waals surface area (Å²) in [6.07, 6.45) is 2.16. The molecule has 1 aromatic heterocycles. The monoisotopic (exact) mass is 613 g/mol. The second-order valence-corrected chi connectivity index (χ2v) is 11.4. The van der Waals surface area contributed by atoms with E-state index in [1.165, 1.54) is 12.1 Å². The summed E-state index contributed by atoms with van der Waals surface area (Å²) in [7, 11) is 0. The molecule has 0 spiro atoms. The summed E-state index contributed by atoms with van der Waals surface area (Å²) < 4.78 is 0. The normalized spacial score (nSPS) is 13.9. The van der Waals surface area contributed by atoms with E-state index in [1.807, 2.05) is 54.6 Å². The predicted molar refractivity (Wildman–Crippen MR) is 170 cm³/mol. The Hall–Kier alpha value is -5.16. The van der Waals surface area contributed by atoms with Crippen LogP contribution in [0.3, 0.4) is 0 Å². The maximum Gasteiger partial charge on any atom is 0.326 e. The van der Waals surface area contributed by atoms with Crippen LogP contribution in [0.15, 0.2) is 85.1 Å². The lowest BCUT2D eigenvalue weighted by atomic mass is 10.00. The van der Waals surface area contributed by atoms with Gasteiger partial charge in [0, 0.05) is 29.9 Å². The van der Waals surface area contributed by atoms with Gasteiger partial charge >= 0.3 is 5.97 Å². The fraction of sp³-hybridized carbons (Fsp3) is 0.294. The number of rotatable bonds is 14. The SMILES string of the molecule is CC(C)C(NC(=O)C(Cc1ccc(O)cc1)NC(=O)C(Cc1ccccc1)NC(=O)C(N)Cc1c[nH]c2ccccc12)C(=O)O. The van der Waals surface area contributed by atoms with Gasteiger partial charge in [-0.3, -0.25) is 14.4 Å². The highest BCUT2D eigenvalue weighted by atomic mass is 16.4. The van der Waals surface area contributed by atoms with Crippen LogP contribution in [0, 0.1) is 5.92 Å². The lowest BCUT2D eigenvalue weighted by Crippen LogP contribution is -2.58. The molecule has 0 saturated carbocycles. The molecule has 11 heteroatoms. The first-order valence-electron chi connectivity index (χ1n) is 14.8. The van der Waals surface area contributed by atoms with Crippen LogP contribution in [-0.4, -0.2) is 63.1 Å². The molecule has 8 N–H and O–H groups in total. The van der Waals surface area contributed by atoms with Crippen molar-refractivity contribution < 1.29 is 29.4 Å². The van der Waals surface area contributed by atoms with E-state index in [0.717, 1.165) is 22.0 Å². The van der Waals surface area contributed by atoms with Crippen LogP contribution >= 0.6 is 0 Å². The summed E-state index contributed by atoms with van der Waals surface area (Å²) in [5.41, 5.74) is 9.49. The number of aromatic amines is 1. The first-order valence-corrected chi connectivity index (χ1v) is 14.8. The zero-order valence-electron chi connectivity index (χ0n) is 25.2. The Morgan fingerprint density at radius 2 is 1.29 bits per heavy atom. The highest BCUT2D eigenvalue weighted by molar-refractivity contribution is 5.94.